The number of hydrogen-bond donors (Lipinski definition) is 14. The molecule has 3 amide bonds. The number of phosphoric acid groups is 4. The van der Waals surface area contributed by atoms with E-state index in [-0.39, 0.29) is 61.0 Å². The van der Waals surface area contributed by atoms with E-state index in [1.807, 2.05) is 62.4 Å². The monoisotopic (exact) mass is 1690 g/mol. The van der Waals surface area contributed by atoms with Crippen LogP contribution in [0, 0.1) is 0 Å². The van der Waals surface area contributed by atoms with E-state index in [9.17, 15) is 75.2 Å². The molecule has 0 aliphatic carbocycles. The van der Waals surface area contributed by atoms with Crippen LogP contribution in [0.3, 0.4) is 0 Å². The molecule has 6 heterocycles. The molecule has 2 aromatic heterocycles. The van der Waals surface area contributed by atoms with Gasteiger partial charge in [0.1, 0.15) is 43.1 Å². The first-order valence-electron chi connectivity index (χ1n) is 33.2. The predicted molar refractivity (Wildman–Crippen MR) is 396 cm³/mol. The average Bonchev–Trinajstić information content (AvgIpc) is 1.59. The molecule has 4 aliphatic heterocycles. The van der Waals surface area contributed by atoms with Gasteiger partial charge in [-0.1, -0.05) is 70.9 Å². The first-order valence-corrected chi connectivity index (χ1v) is 43.9. The van der Waals surface area contributed by atoms with Gasteiger partial charge in [-0.25, -0.2) is 33.1 Å². The van der Waals surface area contributed by atoms with Crippen LogP contribution in [0.25, 0.3) is 6.08 Å². The standard InChI is InChI=1S/C62H83N9O30P4S4/c1-6-68-45-21-19-39(108-99-98-79)29-41(45)61(2,3)51(68)16-9-7-10-17-52-62(4,5)42-30-40(109(90,91)92)20-22-46(42)69(52)25-12-8-11-18-54(74)65-44(58(76)64-24-13-15-38-34-71(55(75)31-43(38)63)57-33-48(73)49(97-57)35-94-102(80,81)82)37-107-106-28-14-27-93-60(78)67-53-23-26-70(59(77)66-53)56-32-47(72)50(96-56)36-95-104(86,87)101-105(88,89)100-103(83,84)85/h7,9-10,13,15-17,19-23,26,29-31,34,44,47-50,56-57,72-73H,6,8,11-12,14,18,24-25,27-28,32-33,35-37H2,1-5H3,(H12-,63,64,65,66,67,74,75,76,77,78,79,80,81,82,83,84,85,86,87,88,89,90,91,92)/p+1/b15-13+/t44?,47-,48-,49-,50-,56-,57-/m1/s1. The van der Waals surface area contributed by atoms with Crippen molar-refractivity contribution < 1.29 is 136 Å². The SMILES string of the molecule is CCN1C(=CC=CC=CC2=[N+](CCCCCC(=O)NC(CSSCCCOC(=O)Nc3ccn([C@H]4C[C@@H](O)[C@@H](COP(=O)(O)OP(=O)(O)OP(=O)(O)O)O4)c(=O)n3)C(=O)NC/C=C/c3cn([C@H]4C[C@@H](O)[C@@H](COP(=O)(O)O)O4)c(=O)cc3N)c3ccc(S(=O)(=O)O)cc3C2(C)C)C(C)(C)c2cc(SOOO)ccc21. The van der Waals surface area contributed by atoms with Gasteiger partial charge in [0.05, 0.1) is 54.4 Å². The molecule has 0 spiro atoms. The second-order valence-electron chi connectivity index (χ2n) is 25.7. The number of aromatic nitrogens is 3. The van der Waals surface area contributed by atoms with Crippen molar-refractivity contribution in [3.8, 4) is 0 Å². The van der Waals surface area contributed by atoms with Gasteiger partial charge in [-0.2, -0.15) is 26.6 Å². The van der Waals surface area contributed by atoms with Crippen molar-refractivity contribution in [3.05, 3.63) is 141 Å². The Hall–Kier alpha value is -6.09. The van der Waals surface area contributed by atoms with Crippen LogP contribution in [0.2, 0.25) is 0 Å². The first kappa shape index (κ1) is 88.5. The Morgan fingerprint density at radius 1 is 0.817 bits per heavy atom. The minimum atomic E-state index is -5.83. The average molecular weight is 1690 g/mol. The van der Waals surface area contributed by atoms with E-state index in [1.54, 1.807) is 6.07 Å². The number of hydrogen-bond acceptors (Lipinski definition) is 29. The fraction of sp³-hybridized carbons (Fsp3) is 0.468. The molecular formula is C62H84N9O30P4S4+. The van der Waals surface area contributed by atoms with Crippen molar-refractivity contribution >= 4 is 128 Å². The lowest BCUT2D eigenvalue weighted by molar-refractivity contribution is -0.438. The summed E-state index contributed by atoms with van der Waals surface area (Å²) in [6.45, 7) is 9.44. The molecule has 15 N–H and O–H groups in total. The van der Waals surface area contributed by atoms with E-state index < -0.39 is 138 Å². The van der Waals surface area contributed by atoms with Gasteiger partial charge in [0.15, 0.2) is 5.71 Å². The second-order valence-corrected chi connectivity index (χ2v) is 36.1. The number of allylic oxidation sites excluding steroid dienone is 6. The number of carbonyl (C=O) groups is 3. The van der Waals surface area contributed by atoms with Crippen molar-refractivity contribution in [3.63, 3.8) is 0 Å². The van der Waals surface area contributed by atoms with Crippen molar-refractivity contribution in [2.75, 3.05) is 66.9 Å². The number of nitrogens with two attached hydrogens (primary N) is 1. The van der Waals surface area contributed by atoms with Gasteiger partial charge in [-0.05, 0) is 88.1 Å². The number of unbranched alkanes of at least 4 members (excludes halogenated alkanes) is 2. The minimum absolute atomic E-state index is 0.0159. The Morgan fingerprint density at radius 2 is 1.51 bits per heavy atom. The van der Waals surface area contributed by atoms with Gasteiger partial charge < -0.3 is 75.1 Å². The Labute approximate surface area is 635 Å². The van der Waals surface area contributed by atoms with E-state index in [2.05, 4.69) is 78.2 Å². The van der Waals surface area contributed by atoms with E-state index in [1.165, 1.54) is 58.1 Å². The lowest BCUT2D eigenvalue weighted by Gasteiger charge is -2.25. The zero-order chi connectivity index (χ0) is 80.0. The third-order valence-corrected chi connectivity index (χ3v) is 25.5. The van der Waals surface area contributed by atoms with Crippen molar-refractivity contribution in [2.45, 2.75) is 143 Å². The molecule has 0 saturated carbocycles. The largest absolute Gasteiger partial charge is 0.490 e. The number of nitrogen functional groups attached to an aromatic ring is 1. The number of phosphoric ester groups is 2. The molecule has 4 aliphatic rings. The highest BCUT2D eigenvalue weighted by atomic mass is 33.1. The number of benzene rings is 2. The van der Waals surface area contributed by atoms with Gasteiger partial charge in [0, 0.05) is 119 Å². The summed E-state index contributed by atoms with van der Waals surface area (Å²) in [4.78, 5) is 128. The molecular weight excluding hydrogens is 1600 g/mol. The van der Waals surface area contributed by atoms with Crippen LogP contribution in [0.15, 0.2) is 122 Å². The third-order valence-electron chi connectivity index (χ3n) is 17.2. The number of likely N-dealkylation sites (N-methyl/N-ethyl adjacent to an activating group) is 1. The van der Waals surface area contributed by atoms with E-state index >= 15 is 0 Å². The summed E-state index contributed by atoms with van der Waals surface area (Å²) in [6.07, 6.45) is 7.93. The number of carbonyl (C=O) groups excluding carboxylic acids is 3. The molecule has 8 rings (SSSR count). The smallest absolute Gasteiger partial charge is 0.449 e. The van der Waals surface area contributed by atoms with E-state index in [0.29, 0.717) is 49.2 Å². The summed E-state index contributed by atoms with van der Waals surface area (Å²) >= 11 is 0.878. The summed E-state index contributed by atoms with van der Waals surface area (Å²) in [5.74, 6) is -0.857. The second kappa shape index (κ2) is 38.2. The molecule has 2 aromatic carbocycles. The molecule has 47 heteroatoms. The molecule has 0 radical (unpaired) electrons. The number of fused-ring (bicyclic) bond motifs is 2. The number of nitrogens with zero attached hydrogens (tertiary/aromatic N) is 5. The van der Waals surface area contributed by atoms with Crippen LogP contribution in [0.1, 0.15) is 109 Å². The van der Waals surface area contributed by atoms with Crippen LogP contribution in [0.5, 0.6) is 0 Å². The predicted octanol–water partition coefficient (Wildman–Crippen LogP) is 6.50. The molecule has 2 saturated heterocycles. The molecule has 0 bridgehead atoms. The van der Waals surface area contributed by atoms with Crippen molar-refractivity contribution in [1.82, 2.24) is 24.8 Å². The summed E-state index contributed by atoms with van der Waals surface area (Å²) in [6, 6.07) is 11.5. The zero-order valence-electron chi connectivity index (χ0n) is 58.8. The number of aliphatic hydroxyl groups excluding tert-OH is 2. The summed E-state index contributed by atoms with van der Waals surface area (Å²) < 4.78 is 122. The zero-order valence-corrected chi connectivity index (χ0v) is 65.7. The number of nitrogens with one attached hydrogen (secondary N) is 3. The number of rotatable bonds is 39. The van der Waals surface area contributed by atoms with Crippen molar-refractivity contribution in [1.29, 1.82) is 0 Å². The molecule has 4 aromatic rings. The Kier molecular flexibility index (Phi) is 31.0. The maximum atomic E-state index is 13.9. The summed E-state index contributed by atoms with van der Waals surface area (Å²) in [5, 5.41) is 41.4. The number of pyridine rings is 1. The number of amides is 3. The van der Waals surface area contributed by atoms with Crippen LogP contribution < -0.4 is 37.8 Å². The highest BCUT2D eigenvalue weighted by Crippen LogP contribution is 2.66. The quantitative estimate of drug-likeness (QED) is 0.00261. The Balaban J connectivity index is 0.865. The van der Waals surface area contributed by atoms with Gasteiger partial charge >= 0.3 is 43.1 Å². The van der Waals surface area contributed by atoms with Crippen LogP contribution >= 0.6 is 64.9 Å². The maximum absolute atomic E-state index is 13.9. The highest BCUT2D eigenvalue weighted by molar-refractivity contribution is 8.76. The fourth-order valence-corrected chi connectivity index (χ4v) is 18.6. The number of aliphatic hydroxyl groups is 2. The van der Waals surface area contributed by atoms with E-state index in [4.69, 9.17) is 44.8 Å². The van der Waals surface area contributed by atoms with Crippen LogP contribution in [-0.2, 0) is 90.0 Å². The summed E-state index contributed by atoms with van der Waals surface area (Å²) in [7, 11) is -24.0. The maximum Gasteiger partial charge on any atom is 0.490 e. The van der Waals surface area contributed by atoms with Gasteiger partial charge in [-0.3, -0.25) is 42.4 Å². The van der Waals surface area contributed by atoms with Crippen molar-refractivity contribution in [2.24, 2.45) is 0 Å². The van der Waals surface area contributed by atoms with Crippen LogP contribution in [0.4, 0.5) is 27.7 Å². The molecule has 600 valence electrons. The van der Waals surface area contributed by atoms with Crippen LogP contribution in [-0.4, -0.2) is 182 Å². The van der Waals surface area contributed by atoms with E-state index in [0.717, 1.165) is 66.7 Å². The molecule has 2 fully saturated rings. The normalized spacial score (nSPS) is 21.6. The molecule has 3 unspecified atom stereocenters. The Morgan fingerprint density at radius 3 is 2.17 bits per heavy atom. The topological polar surface area (TPSA) is 564 Å². The first-order chi connectivity index (χ1) is 51.1. The highest BCUT2D eigenvalue weighted by Gasteiger charge is 2.47. The van der Waals surface area contributed by atoms with Gasteiger partial charge in [-0.15, -0.1) is 4.33 Å². The van der Waals surface area contributed by atoms with Gasteiger partial charge in [0.2, 0.25) is 17.5 Å². The number of anilines is 3. The number of ether oxygens (including phenoxy) is 3. The molecule has 9 atom stereocenters. The molecule has 39 nitrogen and oxygen atoms in total. The third kappa shape index (κ3) is 25.0. The fourth-order valence-electron chi connectivity index (χ4n) is 12.1. The summed E-state index contributed by atoms with van der Waals surface area (Å²) in [5.41, 5.74) is 9.14. The minimum Gasteiger partial charge on any atom is -0.449 e. The lowest BCUT2D eigenvalue weighted by atomic mass is 9.81. The Bertz CT molecular complexity index is 4590. The van der Waals surface area contributed by atoms with Gasteiger partial charge in [0.25, 0.3) is 15.7 Å². The lowest BCUT2D eigenvalue weighted by Crippen LogP contribution is -2.48. The molecule has 109 heavy (non-hydrogen) atoms.